The lowest BCUT2D eigenvalue weighted by atomic mass is 9.87. The van der Waals surface area contributed by atoms with Crippen molar-refractivity contribution in [3.8, 4) is 0 Å². The molecule has 2 rings (SSSR count). The molecule has 2 aromatic rings. The molecule has 1 N–H and O–H groups in total. The Kier molecular flexibility index (Phi) is 4.28. The van der Waals surface area contributed by atoms with E-state index in [-0.39, 0.29) is 0 Å². The molecule has 0 saturated carbocycles. The molecule has 0 amide bonds. The average Bonchev–Trinajstić information content (AvgIpc) is 2.40. The number of aryl methyl sites for hydroxylation is 1. The topological polar surface area (TPSA) is 20.2 Å². The van der Waals surface area contributed by atoms with Crippen molar-refractivity contribution in [2.45, 2.75) is 32.3 Å². The van der Waals surface area contributed by atoms with E-state index in [4.69, 9.17) is 11.6 Å². The third-order valence-electron chi connectivity index (χ3n) is 3.43. The quantitative estimate of drug-likeness (QED) is 0.867. The molecule has 19 heavy (non-hydrogen) atoms. The molecule has 0 bridgehead atoms. The van der Waals surface area contributed by atoms with Crippen molar-refractivity contribution < 1.29 is 5.11 Å². The lowest BCUT2D eigenvalue weighted by molar-refractivity contribution is 0.102. The fourth-order valence-corrected chi connectivity index (χ4v) is 2.65. The largest absolute Gasteiger partial charge is 0.381 e. The highest BCUT2D eigenvalue weighted by molar-refractivity contribution is 6.31. The number of aliphatic hydroxyl groups is 1. The number of benzene rings is 2. The van der Waals surface area contributed by atoms with Crippen LogP contribution in [0.4, 0.5) is 0 Å². The molecule has 2 aromatic carbocycles. The number of hydrogen-bond donors (Lipinski definition) is 1. The lowest BCUT2D eigenvalue weighted by Crippen LogP contribution is -2.23. The Labute approximate surface area is 119 Å². The van der Waals surface area contributed by atoms with Gasteiger partial charge in [0.2, 0.25) is 0 Å². The summed E-state index contributed by atoms with van der Waals surface area (Å²) in [4.78, 5) is 0. The Morgan fingerprint density at radius 2 is 1.84 bits per heavy atom. The van der Waals surface area contributed by atoms with Gasteiger partial charge in [-0.1, -0.05) is 67.4 Å². The molecule has 0 saturated heterocycles. The van der Waals surface area contributed by atoms with Gasteiger partial charge in [0.05, 0.1) is 0 Å². The number of hydrogen-bond acceptors (Lipinski definition) is 1. The van der Waals surface area contributed by atoms with Gasteiger partial charge in [-0.05, 0) is 30.5 Å². The second-order valence-corrected chi connectivity index (χ2v) is 5.41. The summed E-state index contributed by atoms with van der Waals surface area (Å²) in [6, 6.07) is 15.5. The first-order valence-electron chi connectivity index (χ1n) is 6.62. The minimum Gasteiger partial charge on any atom is -0.381 e. The molecule has 0 heterocycles. The maximum atomic E-state index is 10.8. The van der Waals surface area contributed by atoms with Gasteiger partial charge >= 0.3 is 0 Å². The SMILES string of the molecule is CCCc1cccc(C(C)(O)c2ccccc2Cl)c1. The molecule has 0 spiro atoms. The van der Waals surface area contributed by atoms with Gasteiger partial charge < -0.3 is 5.11 Å². The Bertz CT molecular complexity index is 561. The van der Waals surface area contributed by atoms with Crippen LogP contribution in [0.3, 0.4) is 0 Å². The molecule has 0 aliphatic rings. The molecule has 0 aromatic heterocycles. The van der Waals surface area contributed by atoms with Crippen LogP contribution in [-0.2, 0) is 12.0 Å². The van der Waals surface area contributed by atoms with Gasteiger partial charge in [-0.2, -0.15) is 0 Å². The van der Waals surface area contributed by atoms with Crippen molar-refractivity contribution in [3.05, 3.63) is 70.2 Å². The zero-order valence-electron chi connectivity index (χ0n) is 11.4. The van der Waals surface area contributed by atoms with E-state index >= 15 is 0 Å². The van der Waals surface area contributed by atoms with Gasteiger partial charge in [0.15, 0.2) is 0 Å². The summed E-state index contributed by atoms with van der Waals surface area (Å²) in [6.07, 6.45) is 2.12. The first kappa shape index (κ1) is 14.1. The summed E-state index contributed by atoms with van der Waals surface area (Å²) >= 11 is 6.20. The summed E-state index contributed by atoms with van der Waals surface area (Å²) in [7, 11) is 0. The van der Waals surface area contributed by atoms with Crippen molar-refractivity contribution in [1.82, 2.24) is 0 Å². The predicted octanol–water partition coefficient (Wildman–Crippen LogP) is 4.55. The van der Waals surface area contributed by atoms with Crippen LogP contribution in [0.1, 0.15) is 37.0 Å². The first-order valence-corrected chi connectivity index (χ1v) is 7.00. The third-order valence-corrected chi connectivity index (χ3v) is 3.76. The normalized spacial score (nSPS) is 14.1. The predicted molar refractivity (Wildman–Crippen MR) is 80.6 cm³/mol. The fourth-order valence-electron chi connectivity index (χ4n) is 2.33. The van der Waals surface area contributed by atoms with Gasteiger partial charge in [0, 0.05) is 10.6 Å². The van der Waals surface area contributed by atoms with E-state index in [9.17, 15) is 5.11 Å². The van der Waals surface area contributed by atoms with E-state index < -0.39 is 5.60 Å². The summed E-state index contributed by atoms with van der Waals surface area (Å²) in [6.45, 7) is 3.94. The van der Waals surface area contributed by atoms with Crippen LogP contribution in [0.2, 0.25) is 5.02 Å². The Balaban J connectivity index is 2.44. The lowest BCUT2D eigenvalue weighted by Gasteiger charge is -2.26. The third kappa shape index (κ3) is 2.99. The maximum Gasteiger partial charge on any atom is 0.113 e. The van der Waals surface area contributed by atoms with Gasteiger partial charge in [-0.15, -0.1) is 0 Å². The minimum absolute atomic E-state index is 0.591. The molecule has 1 nitrogen and oxygen atoms in total. The van der Waals surface area contributed by atoms with E-state index in [0.29, 0.717) is 5.02 Å². The zero-order chi connectivity index (χ0) is 13.9. The molecule has 0 radical (unpaired) electrons. The van der Waals surface area contributed by atoms with Gasteiger partial charge in [0.25, 0.3) is 0 Å². The monoisotopic (exact) mass is 274 g/mol. The van der Waals surface area contributed by atoms with Crippen molar-refractivity contribution in [1.29, 1.82) is 0 Å². The zero-order valence-corrected chi connectivity index (χ0v) is 12.1. The highest BCUT2D eigenvalue weighted by atomic mass is 35.5. The summed E-state index contributed by atoms with van der Waals surface area (Å²) < 4.78 is 0. The first-order chi connectivity index (χ1) is 9.05. The second kappa shape index (κ2) is 5.77. The van der Waals surface area contributed by atoms with Gasteiger partial charge in [-0.3, -0.25) is 0 Å². The van der Waals surface area contributed by atoms with E-state index in [1.54, 1.807) is 13.0 Å². The van der Waals surface area contributed by atoms with Crippen LogP contribution in [0.5, 0.6) is 0 Å². The van der Waals surface area contributed by atoms with Gasteiger partial charge in [-0.25, -0.2) is 0 Å². The standard InChI is InChI=1S/C17H19ClO/c1-3-7-13-8-6-9-14(12-13)17(2,19)15-10-4-5-11-16(15)18/h4-6,8-12,19H,3,7H2,1-2H3. The van der Waals surface area contributed by atoms with E-state index in [0.717, 1.165) is 24.0 Å². The van der Waals surface area contributed by atoms with Crippen LogP contribution >= 0.6 is 11.6 Å². The molecule has 1 atom stereocenters. The highest BCUT2D eigenvalue weighted by Crippen LogP contribution is 2.34. The smallest absolute Gasteiger partial charge is 0.113 e. The molecule has 2 heteroatoms. The van der Waals surface area contributed by atoms with Crippen molar-refractivity contribution >= 4 is 11.6 Å². The van der Waals surface area contributed by atoms with E-state index in [1.807, 2.05) is 30.3 Å². The molecule has 0 aliphatic carbocycles. The molecule has 0 aliphatic heterocycles. The van der Waals surface area contributed by atoms with Crippen LogP contribution in [0, 0.1) is 0 Å². The van der Waals surface area contributed by atoms with Crippen molar-refractivity contribution in [3.63, 3.8) is 0 Å². The summed E-state index contributed by atoms with van der Waals surface area (Å²) in [5.74, 6) is 0. The van der Waals surface area contributed by atoms with Crippen LogP contribution in [0.25, 0.3) is 0 Å². The van der Waals surface area contributed by atoms with Crippen molar-refractivity contribution in [2.75, 3.05) is 0 Å². The Hall–Kier alpha value is -1.31. The van der Waals surface area contributed by atoms with Crippen molar-refractivity contribution in [2.24, 2.45) is 0 Å². The molecular formula is C17H19ClO. The molecular weight excluding hydrogens is 256 g/mol. The minimum atomic E-state index is -1.07. The number of halogens is 1. The van der Waals surface area contributed by atoms with Crippen LogP contribution < -0.4 is 0 Å². The van der Waals surface area contributed by atoms with Crippen LogP contribution in [0.15, 0.2) is 48.5 Å². The summed E-state index contributed by atoms with van der Waals surface area (Å²) in [5.41, 5.74) is 1.80. The molecule has 1 unspecified atom stereocenters. The van der Waals surface area contributed by atoms with Gasteiger partial charge in [0.1, 0.15) is 5.60 Å². The highest BCUT2D eigenvalue weighted by Gasteiger charge is 2.27. The number of rotatable bonds is 4. The molecule has 100 valence electrons. The summed E-state index contributed by atoms with van der Waals surface area (Å²) in [5, 5.41) is 11.4. The fraction of sp³-hybridized carbons (Fsp3) is 0.294. The Morgan fingerprint density at radius 3 is 2.53 bits per heavy atom. The van der Waals surface area contributed by atoms with Crippen LogP contribution in [-0.4, -0.2) is 5.11 Å². The Morgan fingerprint density at radius 1 is 1.11 bits per heavy atom. The van der Waals surface area contributed by atoms with E-state index in [1.165, 1.54) is 5.56 Å². The second-order valence-electron chi connectivity index (χ2n) is 5.00. The van der Waals surface area contributed by atoms with E-state index in [2.05, 4.69) is 19.1 Å². The maximum absolute atomic E-state index is 10.8. The molecule has 0 fully saturated rings. The average molecular weight is 275 g/mol.